The number of anilines is 3. The van der Waals surface area contributed by atoms with E-state index in [0.29, 0.717) is 44.1 Å². The molecule has 0 saturated carbocycles. The van der Waals surface area contributed by atoms with Crippen molar-refractivity contribution in [2.75, 3.05) is 47.8 Å². The number of nitrogens with zero attached hydrogens (tertiary/aromatic N) is 6. The zero-order valence-electron chi connectivity index (χ0n) is 22.2. The van der Waals surface area contributed by atoms with Crippen molar-refractivity contribution in [1.82, 2.24) is 19.3 Å². The van der Waals surface area contributed by atoms with Gasteiger partial charge in [-0.3, -0.25) is 4.90 Å². The third-order valence-electron chi connectivity index (χ3n) is 6.63. The average molecular weight is 546 g/mol. The number of rotatable bonds is 2. The Kier molecular flexibility index (Phi) is 6.55. The maximum atomic E-state index is 13.8. The number of amides is 3. The minimum atomic E-state index is -4.68. The van der Waals surface area contributed by atoms with Gasteiger partial charge in [-0.15, -0.1) is 0 Å². The van der Waals surface area contributed by atoms with Gasteiger partial charge in [-0.2, -0.15) is 13.2 Å². The maximum absolute atomic E-state index is 13.8. The second kappa shape index (κ2) is 9.62. The van der Waals surface area contributed by atoms with Gasteiger partial charge in [0.15, 0.2) is 0 Å². The van der Waals surface area contributed by atoms with Crippen molar-refractivity contribution >= 4 is 35.0 Å². The average Bonchev–Trinajstić information content (AvgIpc) is 3.44. The summed E-state index contributed by atoms with van der Waals surface area (Å²) in [4.78, 5) is 39.3. The highest BCUT2D eigenvalue weighted by Crippen LogP contribution is 2.38. The topological polar surface area (TPSA) is 95.3 Å². The van der Waals surface area contributed by atoms with Crippen LogP contribution in [0.5, 0.6) is 0 Å². The molecule has 0 spiro atoms. The largest absolute Gasteiger partial charge is 0.444 e. The Bertz CT molecular complexity index is 1420. The molecule has 5 heterocycles. The first-order valence-corrected chi connectivity index (χ1v) is 12.7. The fourth-order valence-corrected chi connectivity index (χ4v) is 4.90. The summed E-state index contributed by atoms with van der Waals surface area (Å²) < 4.78 is 48.4. The summed E-state index contributed by atoms with van der Waals surface area (Å²) in [6.45, 7) is 9.53. The van der Waals surface area contributed by atoms with E-state index in [4.69, 9.17) is 4.74 Å². The Hall–Kier alpha value is -4.03. The molecule has 3 amide bonds. The lowest BCUT2D eigenvalue weighted by molar-refractivity contribution is -0.136. The van der Waals surface area contributed by atoms with E-state index in [1.807, 2.05) is 26.8 Å². The molecule has 0 aliphatic carbocycles. The van der Waals surface area contributed by atoms with Crippen LogP contribution in [0.2, 0.25) is 0 Å². The minimum Gasteiger partial charge on any atom is -0.444 e. The number of aryl methyl sites for hydroxylation is 1. The highest BCUT2D eigenvalue weighted by Gasteiger charge is 2.37. The fraction of sp³-hybridized carbons (Fsp3) is 0.462. The minimum absolute atomic E-state index is 0.141. The lowest BCUT2D eigenvalue weighted by Gasteiger charge is -2.37. The van der Waals surface area contributed by atoms with Crippen LogP contribution in [0.4, 0.5) is 40.0 Å². The number of imidazole rings is 1. The fourth-order valence-electron chi connectivity index (χ4n) is 4.90. The lowest BCUT2D eigenvalue weighted by Crippen LogP contribution is -2.50. The van der Waals surface area contributed by atoms with E-state index in [2.05, 4.69) is 20.2 Å². The van der Waals surface area contributed by atoms with E-state index >= 15 is 0 Å². The Labute approximate surface area is 223 Å². The van der Waals surface area contributed by atoms with Gasteiger partial charge >= 0.3 is 18.3 Å². The summed E-state index contributed by atoms with van der Waals surface area (Å²) in [7, 11) is 0. The van der Waals surface area contributed by atoms with Gasteiger partial charge < -0.3 is 24.3 Å². The predicted octanol–water partition coefficient (Wildman–Crippen LogP) is 4.71. The standard InChI is InChI=1S/C26H30F3N7O3/c1-16-14-35-15-19(18(26(27,28)29)13-21(35)31-16)32-23(37)36-8-6-17-20(5-7-30-22(17)36)33-9-11-34(12-10-33)24(38)39-25(2,3)4/h5,7,13-15H,6,8-12H2,1-4H3,(H,32,37). The smallest absolute Gasteiger partial charge is 0.418 e. The number of ether oxygens (including phenoxy) is 1. The molecule has 0 bridgehead atoms. The Balaban J connectivity index is 1.33. The number of hydrogen-bond acceptors (Lipinski definition) is 6. The second-order valence-electron chi connectivity index (χ2n) is 10.7. The van der Waals surface area contributed by atoms with Crippen LogP contribution in [0.15, 0.2) is 30.7 Å². The van der Waals surface area contributed by atoms with Gasteiger partial charge in [-0.1, -0.05) is 0 Å². The molecule has 13 heteroatoms. The predicted molar refractivity (Wildman–Crippen MR) is 139 cm³/mol. The molecule has 0 radical (unpaired) electrons. The van der Waals surface area contributed by atoms with Gasteiger partial charge in [0, 0.05) is 62.6 Å². The van der Waals surface area contributed by atoms with Crippen LogP contribution in [0.25, 0.3) is 5.65 Å². The van der Waals surface area contributed by atoms with E-state index in [1.54, 1.807) is 24.2 Å². The Morgan fingerprint density at radius 1 is 1.05 bits per heavy atom. The third kappa shape index (κ3) is 5.43. The molecule has 1 N–H and O–H groups in total. The summed E-state index contributed by atoms with van der Waals surface area (Å²) in [6, 6.07) is 2.09. The molecule has 3 aromatic rings. The van der Waals surface area contributed by atoms with Gasteiger partial charge in [0.2, 0.25) is 0 Å². The molecule has 1 saturated heterocycles. The zero-order chi connectivity index (χ0) is 28.1. The zero-order valence-corrected chi connectivity index (χ0v) is 22.2. The number of urea groups is 1. The van der Waals surface area contributed by atoms with Crippen LogP contribution >= 0.6 is 0 Å². The van der Waals surface area contributed by atoms with Gasteiger partial charge in [0.05, 0.1) is 16.9 Å². The van der Waals surface area contributed by atoms with Crippen LogP contribution in [0.3, 0.4) is 0 Å². The van der Waals surface area contributed by atoms with Crippen molar-refractivity contribution in [2.24, 2.45) is 0 Å². The number of alkyl halides is 3. The molecule has 0 aromatic carbocycles. The van der Waals surface area contributed by atoms with E-state index < -0.39 is 23.4 Å². The molecule has 39 heavy (non-hydrogen) atoms. The van der Waals surface area contributed by atoms with Gasteiger partial charge in [-0.05, 0) is 46.2 Å². The summed E-state index contributed by atoms with van der Waals surface area (Å²) in [6.07, 6.45) is -0.133. The second-order valence-corrected chi connectivity index (χ2v) is 10.7. The van der Waals surface area contributed by atoms with Gasteiger partial charge in [-0.25, -0.2) is 19.6 Å². The number of piperazine rings is 1. The van der Waals surface area contributed by atoms with E-state index in [-0.39, 0.29) is 24.0 Å². The van der Waals surface area contributed by atoms with Gasteiger partial charge in [0.1, 0.15) is 17.1 Å². The summed E-state index contributed by atoms with van der Waals surface area (Å²) >= 11 is 0. The number of carbonyl (C=O) groups is 2. The maximum Gasteiger partial charge on any atom is 0.418 e. The Morgan fingerprint density at radius 3 is 2.44 bits per heavy atom. The first-order chi connectivity index (χ1) is 18.3. The van der Waals surface area contributed by atoms with Gasteiger partial charge in [0.25, 0.3) is 0 Å². The first-order valence-electron chi connectivity index (χ1n) is 12.7. The van der Waals surface area contributed by atoms with Crippen molar-refractivity contribution in [3.05, 3.63) is 47.5 Å². The van der Waals surface area contributed by atoms with Crippen molar-refractivity contribution in [1.29, 1.82) is 0 Å². The normalized spacial score (nSPS) is 16.0. The van der Waals surface area contributed by atoms with Crippen molar-refractivity contribution in [3.63, 3.8) is 0 Å². The monoisotopic (exact) mass is 545 g/mol. The molecule has 10 nitrogen and oxygen atoms in total. The first kappa shape index (κ1) is 26.6. The highest BCUT2D eigenvalue weighted by molar-refractivity contribution is 6.03. The third-order valence-corrected chi connectivity index (χ3v) is 6.63. The van der Waals surface area contributed by atoms with Crippen LogP contribution in [0, 0.1) is 6.92 Å². The molecule has 2 aliphatic heterocycles. The molecular weight excluding hydrogens is 515 g/mol. The molecule has 0 atom stereocenters. The highest BCUT2D eigenvalue weighted by atomic mass is 19.4. The number of nitrogens with one attached hydrogen (secondary N) is 1. The molecule has 2 aliphatic rings. The van der Waals surface area contributed by atoms with E-state index in [9.17, 15) is 22.8 Å². The summed E-state index contributed by atoms with van der Waals surface area (Å²) in [5.74, 6) is 0.410. The van der Waals surface area contributed by atoms with Crippen molar-refractivity contribution in [3.8, 4) is 0 Å². The van der Waals surface area contributed by atoms with Crippen LogP contribution in [-0.4, -0.2) is 69.7 Å². The van der Waals surface area contributed by atoms with Crippen LogP contribution in [-0.2, 0) is 17.3 Å². The SMILES string of the molecule is Cc1cn2cc(NC(=O)N3CCc4c(N5CCN(C(=O)OC(C)(C)C)CC5)ccnc43)c(C(F)(F)F)cc2n1. The summed E-state index contributed by atoms with van der Waals surface area (Å²) in [5, 5.41) is 2.44. The van der Waals surface area contributed by atoms with Crippen molar-refractivity contribution in [2.45, 2.75) is 45.9 Å². The molecular formula is C26H30F3N7O3. The van der Waals surface area contributed by atoms with Crippen molar-refractivity contribution < 1.29 is 27.5 Å². The number of carbonyl (C=O) groups excluding carboxylic acids is 2. The Morgan fingerprint density at radius 2 is 1.77 bits per heavy atom. The quantitative estimate of drug-likeness (QED) is 0.501. The van der Waals surface area contributed by atoms with E-state index in [0.717, 1.165) is 17.3 Å². The molecule has 208 valence electrons. The number of pyridine rings is 2. The van der Waals surface area contributed by atoms with Crippen LogP contribution < -0.4 is 15.1 Å². The lowest BCUT2D eigenvalue weighted by atomic mass is 10.1. The molecule has 0 unspecified atom stereocenters. The molecule has 1 fully saturated rings. The number of fused-ring (bicyclic) bond motifs is 2. The van der Waals surface area contributed by atoms with E-state index in [1.165, 1.54) is 15.5 Å². The van der Waals surface area contributed by atoms with Crippen LogP contribution in [0.1, 0.15) is 37.6 Å². The molecule has 3 aromatic heterocycles. The number of hydrogen-bond donors (Lipinski definition) is 1. The number of halogens is 3. The number of aromatic nitrogens is 3. The molecule has 5 rings (SSSR count). The summed E-state index contributed by atoms with van der Waals surface area (Å²) in [5.41, 5.74) is 0.527.